The highest BCUT2D eigenvalue weighted by molar-refractivity contribution is 7.80. The lowest BCUT2D eigenvalue weighted by molar-refractivity contribution is 0.381. The number of benzene rings is 2. The van der Waals surface area contributed by atoms with Gasteiger partial charge in [-0.15, -0.1) is 0 Å². The van der Waals surface area contributed by atoms with Gasteiger partial charge < -0.3 is 10.2 Å². The lowest BCUT2D eigenvalue weighted by Gasteiger charge is -2.28. The van der Waals surface area contributed by atoms with Crippen molar-refractivity contribution in [2.24, 2.45) is 0 Å². The summed E-state index contributed by atoms with van der Waals surface area (Å²) in [7, 11) is 2.05. The van der Waals surface area contributed by atoms with Crippen LogP contribution in [-0.2, 0) is 6.42 Å². The van der Waals surface area contributed by atoms with Crippen molar-refractivity contribution < 1.29 is 0 Å². The van der Waals surface area contributed by atoms with E-state index >= 15 is 0 Å². The lowest BCUT2D eigenvalue weighted by atomic mass is 9.98. The minimum absolute atomic E-state index is 0.282. The van der Waals surface area contributed by atoms with Crippen molar-refractivity contribution in [3.05, 3.63) is 65.7 Å². The molecule has 3 rings (SSSR count). The number of nitrogens with zero attached hydrogens (tertiary/aromatic N) is 1. The van der Waals surface area contributed by atoms with E-state index in [9.17, 15) is 0 Å². The molecule has 0 spiro atoms. The van der Waals surface area contributed by atoms with Crippen LogP contribution in [0, 0.1) is 0 Å². The second-order valence-corrected chi connectivity index (χ2v) is 5.22. The standard InChI is InChI=1S/C16H16N2S/c1-18-15(12-7-3-2-4-8-12)11-13-9-5-6-10-14(13)17-16(18)19/h2-10,15H,11H2,1H3,(H,17,19)/t15-/m1/s1. The molecule has 96 valence electrons. The summed E-state index contributed by atoms with van der Waals surface area (Å²) in [6, 6.07) is 19.2. The SMILES string of the molecule is CN1C(=S)Nc2ccccc2C[C@@H]1c1ccccc1. The highest BCUT2D eigenvalue weighted by Crippen LogP contribution is 2.31. The van der Waals surface area contributed by atoms with Crippen molar-refractivity contribution >= 4 is 23.0 Å². The predicted octanol–water partition coefficient (Wildman–Crippen LogP) is 3.61. The Morgan fingerprint density at radius 2 is 1.74 bits per heavy atom. The van der Waals surface area contributed by atoms with E-state index in [2.05, 4.69) is 59.7 Å². The number of thiocarbonyl (C=S) groups is 1. The van der Waals surface area contributed by atoms with E-state index in [1.54, 1.807) is 0 Å². The topological polar surface area (TPSA) is 15.3 Å². The van der Waals surface area contributed by atoms with E-state index in [1.807, 2.05) is 12.1 Å². The van der Waals surface area contributed by atoms with E-state index < -0.39 is 0 Å². The molecule has 1 aliphatic rings. The van der Waals surface area contributed by atoms with Gasteiger partial charge in [0, 0.05) is 12.7 Å². The number of hydrogen-bond donors (Lipinski definition) is 1. The van der Waals surface area contributed by atoms with Gasteiger partial charge >= 0.3 is 0 Å². The zero-order chi connectivity index (χ0) is 13.2. The second kappa shape index (κ2) is 5.02. The van der Waals surface area contributed by atoms with E-state index in [0.717, 1.165) is 17.2 Å². The monoisotopic (exact) mass is 268 g/mol. The molecule has 1 heterocycles. The van der Waals surface area contributed by atoms with Gasteiger partial charge in [-0.25, -0.2) is 0 Å². The van der Waals surface area contributed by atoms with Crippen LogP contribution in [0.4, 0.5) is 5.69 Å². The van der Waals surface area contributed by atoms with Crippen LogP contribution >= 0.6 is 12.2 Å². The first-order valence-electron chi connectivity index (χ1n) is 6.42. The third kappa shape index (κ3) is 2.34. The molecule has 0 fully saturated rings. The number of para-hydroxylation sites is 1. The average molecular weight is 268 g/mol. The number of rotatable bonds is 1. The fraction of sp³-hybridized carbons (Fsp3) is 0.188. The smallest absolute Gasteiger partial charge is 0.173 e. The molecule has 0 unspecified atom stereocenters. The Bertz CT molecular complexity index is 595. The summed E-state index contributed by atoms with van der Waals surface area (Å²) in [6.07, 6.45) is 0.962. The Kier molecular flexibility index (Phi) is 3.22. The van der Waals surface area contributed by atoms with Crippen LogP contribution in [0.2, 0.25) is 0 Å². The molecule has 2 aromatic carbocycles. The number of hydrogen-bond acceptors (Lipinski definition) is 1. The molecule has 0 bridgehead atoms. The summed E-state index contributed by atoms with van der Waals surface area (Å²) in [5.74, 6) is 0. The van der Waals surface area contributed by atoms with Crippen molar-refractivity contribution in [2.75, 3.05) is 12.4 Å². The van der Waals surface area contributed by atoms with Crippen LogP contribution in [-0.4, -0.2) is 17.1 Å². The summed E-state index contributed by atoms with van der Waals surface area (Å²) in [4.78, 5) is 2.14. The fourth-order valence-corrected chi connectivity index (χ4v) is 2.76. The summed E-state index contributed by atoms with van der Waals surface area (Å²) in [5, 5.41) is 4.11. The van der Waals surface area contributed by atoms with E-state index in [1.165, 1.54) is 11.1 Å². The summed E-state index contributed by atoms with van der Waals surface area (Å²) < 4.78 is 0. The quantitative estimate of drug-likeness (QED) is 0.795. The zero-order valence-corrected chi connectivity index (χ0v) is 11.7. The molecule has 1 atom stereocenters. The number of anilines is 1. The first kappa shape index (κ1) is 12.2. The maximum atomic E-state index is 5.48. The Morgan fingerprint density at radius 3 is 2.53 bits per heavy atom. The molecule has 19 heavy (non-hydrogen) atoms. The Balaban J connectivity index is 2.03. The van der Waals surface area contributed by atoms with Gasteiger partial charge in [-0.2, -0.15) is 0 Å². The van der Waals surface area contributed by atoms with Gasteiger partial charge in [0.05, 0.1) is 6.04 Å². The van der Waals surface area contributed by atoms with Gasteiger partial charge in [0.1, 0.15) is 0 Å². The zero-order valence-electron chi connectivity index (χ0n) is 10.8. The molecular weight excluding hydrogens is 252 g/mol. The minimum Gasteiger partial charge on any atom is -0.345 e. The molecule has 0 radical (unpaired) electrons. The van der Waals surface area contributed by atoms with Crippen LogP contribution in [0.5, 0.6) is 0 Å². The molecule has 0 saturated carbocycles. The average Bonchev–Trinajstić information content (AvgIpc) is 2.58. The Morgan fingerprint density at radius 1 is 1.05 bits per heavy atom. The van der Waals surface area contributed by atoms with Crippen molar-refractivity contribution in [2.45, 2.75) is 12.5 Å². The van der Waals surface area contributed by atoms with Gasteiger partial charge in [-0.05, 0) is 35.8 Å². The molecule has 0 saturated heterocycles. The molecule has 0 amide bonds. The third-order valence-corrected chi connectivity index (χ3v) is 4.03. The molecule has 2 aromatic rings. The molecule has 0 aliphatic carbocycles. The molecule has 0 aromatic heterocycles. The Labute approximate surface area is 119 Å². The van der Waals surface area contributed by atoms with Crippen LogP contribution in [0.15, 0.2) is 54.6 Å². The van der Waals surface area contributed by atoms with Gasteiger partial charge in [-0.1, -0.05) is 48.5 Å². The largest absolute Gasteiger partial charge is 0.345 e. The molecule has 2 nitrogen and oxygen atoms in total. The van der Waals surface area contributed by atoms with Gasteiger partial charge in [-0.3, -0.25) is 0 Å². The highest BCUT2D eigenvalue weighted by Gasteiger charge is 2.24. The molecule has 1 aliphatic heterocycles. The number of fused-ring (bicyclic) bond motifs is 1. The van der Waals surface area contributed by atoms with Crippen molar-refractivity contribution in [3.8, 4) is 0 Å². The normalized spacial score (nSPS) is 18.5. The van der Waals surface area contributed by atoms with Crippen molar-refractivity contribution in [1.82, 2.24) is 4.90 Å². The van der Waals surface area contributed by atoms with Crippen LogP contribution in [0.3, 0.4) is 0 Å². The van der Waals surface area contributed by atoms with Gasteiger partial charge in [0.2, 0.25) is 0 Å². The molecular formula is C16H16N2S. The molecule has 1 N–H and O–H groups in total. The van der Waals surface area contributed by atoms with Crippen LogP contribution < -0.4 is 5.32 Å². The van der Waals surface area contributed by atoms with Gasteiger partial charge in [0.25, 0.3) is 0 Å². The van der Waals surface area contributed by atoms with E-state index in [4.69, 9.17) is 12.2 Å². The van der Waals surface area contributed by atoms with E-state index in [-0.39, 0.29) is 6.04 Å². The second-order valence-electron chi connectivity index (χ2n) is 4.83. The Hall–Kier alpha value is -1.87. The maximum absolute atomic E-state index is 5.48. The summed E-state index contributed by atoms with van der Waals surface area (Å²) >= 11 is 5.48. The predicted molar refractivity (Wildman–Crippen MR) is 83.3 cm³/mol. The number of likely N-dealkylation sites (N-methyl/N-ethyl adjacent to an activating group) is 1. The van der Waals surface area contributed by atoms with Crippen LogP contribution in [0.1, 0.15) is 17.2 Å². The lowest BCUT2D eigenvalue weighted by Crippen LogP contribution is -2.33. The molecule has 3 heteroatoms. The number of nitrogens with one attached hydrogen (secondary N) is 1. The first-order valence-corrected chi connectivity index (χ1v) is 6.83. The first-order chi connectivity index (χ1) is 9.25. The highest BCUT2D eigenvalue weighted by atomic mass is 32.1. The van der Waals surface area contributed by atoms with Crippen molar-refractivity contribution in [3.63, 3.8) is 0 Å². The minimum atomic E-state index is 0.282. The van der Waals surface area contributed by atoms with Gasteiger partial charge in [0.15, 0.2) is 5.11 Å². The maximum Gasteiger partial charge on any atom is 0.173 e. The summed E-state index contributed by atoms with van der Waals surface area (Å²) in [5.41, 5.74) is 3.73. The summed E-state index contributed by atoms with van der Waals surface area (Å²) in [6.45, 7) is 0. The fourth-order valence-electron chi connectivity index (χ4n) is 2.53. The van der Waals surface area contributed by atoms with Crippen molar-refractivity contribution in [1.29, 1.82) is 0 Å². The van der Waals surface area contributed by atoms with E-state index in [0.29, 0.717) is 0 Å². The third-order valence-electron chi connectivity index (χ3n) is 3.64. The van der Waals surface area contributed by atoms with Crippen LogP contribution in [0.25, 0.3) is 0 Å².